The number of hydrogen-bond donors (Lipinski definition) is 3. The number of halogens is 2. The van der Waals surface area contributed by atoms with Gasteiger partial charge in [-0.25, -0.2) is 4.79 Å². The van der Waals surface area contributed by atoms with Crippen molar-refractivity contribution < 1.29 is 24.0 Å². The molecule has 0 aromatic heterocycles. The second-order valence-electron chi connectivity index (χ2n) is 7.81. The minimum Gasteiger partial charge on any atom is -0.435 e. The lowest BCUT2D eigenvalue weighted by Crippen LogP contribution is -2.57. The van der Waals surface area contributed by atoms with E-state index in [-0.39, 0.29) is 44.6 Å². The predicted octanol–water partition coefficient (Wildman–Crippen LogP) is 3.13. The molecular weight excluding hydrogens is 437 g/mol. The second-order valence-corrected chi connectivity index (χ2v) is 8.62. The molecule has 0 spiro atoms. The Balaban J connectivity index is 1.31. The number of azo groups is 1. The highest BCUT2D eigenvalue weighted by Gasteiger charge is 2.62. The minimum atomic E-state index is -1.05. The Hall–Kier alpha value is -2.69. The zero-order chi connectivity index (χ0) is 21.0. The van der Waals surface area contributed by atoms with E-state index in [1.54, 1.807) is 6.08 Å². The molecule has 30 heavy (non-hydrogen) atoms. The van der Waals surface area contributed by atoms with E-state index in [1.807, 2.05) is 0 Å². The first-order valence-corrected chi connectivity index (χ1v) is 9.97. The Morgan fingerprint density at radius 1 is 1.20 bits per heavy atom. The van der Waals surface area contributed by atoms with Crippen LogP contribution >= 0.6 is 23.2 Å². The fourth-order valence-corrected chi connectivity index (χ4v) is 4.85. The van der Waals surface area contributed by atoms with Crippen molar-refractivity contribution in [2.45, 2.75) is 25.4 Å². The molecule has 10 nitrogen and oxygen atoms in total. The Morgan fingerprint density at radius 3 is 2.47 bits per heavy atom. The van der Waals surface area contributed by atoms with Crippen molar-refractivity contribution in [3.63, 3.8) is 0 Å². The highest BCUT2D eigenvalue weighted by Crippen LogP contribution is 2.69. The molecule has 2 unspecified atom stereocenters. The number of hydrogen-bond acceptors (Lipinski definition) is 7. The predicted molar refractivity (Wildman–Crippen MR) is 103 cm³/mol. The van der Waals surface area contributed by atoms with Crippen LogP contribution in [-0.4, -0.2) is 24.1 Å². The van der Waals surface area contributed by atoms with Gasteiger partial charge in [-0.3, -0.25) is 14.9 Å². The summed E-state index contributed by atoms with van der Waals surface area (Å²) in [4.78, 5) is 39.8. The van der Waals surface area contributed by atoms with Gasteiger partial charge in [0.15, 0.2) is 11.9 Å². The summed E-state index contributed by atoms with van der Waals surface area (Å²) < 4.78 is 5.73. The van der Waals surface area contributed by atoms with Crippen molar-refractivity contribution in [3.05, 3.63) is 34.1 Å². The first kappa shape index (κ1) is 19.3. The van der Waals surface area contributed by atoms with Gasteiger partial charge in [0.2, 0.25) is 5.88 Å². The van der Waals surface area contributed by atoms with Crippen molar-refractivity contribution in [2.75, 3.05) is 5.32 Å². The number of ether oxygens (including phenoxy) is 1. The number of benzene rings is 1. The number of hydroxylamine groups is 1. The van der Waals surface area contributed by atoms with Crippen LogP contribution in [0.4, 0.5) is 10.5 Å². The average Bonchev–Trinajstić information content (AvgIpc) is 3.05. The molecule has 5 aliphatic rings. The van der Waals surface area contributed by atoms with Crippen LogP contribution in [0.15, 0.2) is 34.3 Å². The zero-order valence-electron chi connectivity index (χ0n) is 15.3. The van der Waals surface area contributed by atoms with E-state index < -0.39 is 18.2 Å². The molecule has 3 amide bonds. The number of rotatable bonds is 5. The Kier molecular flexibility index (Phi) is 4.46. The lowest BCUT2D eigenvalue weighted by molar-refractivity contribution is -0.158. The van der Waals surface area contributed by atoms with Crippen LogP contribution in [0.5, 0.6) is 5.75 Å². The minimum absolute atomic E-state index is 0.00899. The summed E-state index contributed by atoms with van der Waals surface area (Å²) in [5, 5.41) is 12.6. The monoisotopic (exact) mass is 451 g/mol. The van der Waals surface area contributed by atoms with Crippen LogP contribution in [-0.2, 0) is 14.4 Å². The first-order valence-electron chi connectivity index (χ1n) is 9.21. The summed E-state index contributed by atoms with van der Waals surface area (Å²) in [6.07, 6.45) is 2.95. The SMILES string of the molecule is O=C1NC(C(=O)Nc2cc(Cl)c(OC3=CC(C45CC(C4)C5)C(=O)N=N3)c(Cl)c2)NO1. The Morgan fingerprint density at radius 2 is 1.90 bits per heavy atom. The van der Waals surface area contributed by atoms with E-state index in [0.29, 0.717) is 0 Å². The maximum atomic E-state index is 12.2. The molecule has 6 rings (SSSR count). The zero-order valence-corrected chi connectivity index (χ0v) is 16.8. The standard InChI is InChI=1S/C18H15Cl2N5O5/c19-10-1-8(21-16(27)14-22-17(28)30-25-14)2-11(20)13(10)29-12-3-9(15(26)24-23-12)18-4-7(5-18)6-18/h1-3,7,9,14,25H,4-6H2,(H,21,27)(H,22,28). The summed E-state index contributed by atoms with van der Waals surface area (Å²) in [7, 11) is 0. The van der Waals surface area contributed by atoms with Gasteiger partial charge in [-0.1, -0.05) is 23.2 Å². The van der Waals surface area contributed by atoms with E-state index in [2.05, 4.69) is 31.2 Å². The summed E-state index contributed by atoms with van der Waals surface area (Å²) >= 11 is 12.6. The van der Waals surface area contributed by atoms with Gasteiger partial charge in [0.25, 0.3) is 11.8 Å². The number of anilines is 1. The third-order valence-electron chi connectivity index (χ3n) is 5.83. The van der Waals surface area contributed by atoms with Crippen LogP contribution in [0.3, 0.4) is 0 Å². The molecule has 2 atom stereocenters. The van der Waals surface area contributed by atoms with Gasteiger partial charge in [-0.05, 0) is 48.8 Å². The lowest BCUT2D eigenvalue weighted by atomic mass is 9.40. The highest BCUT2D eigenvalue weighted by atomic mass is 35.5. The van der Waals surface area contributed by atoms with E-state index in [4.69, 9.17) is 27.9 Å². The van der Waals surface area contributed by atoms with Gasteiger partial charge >= 0.3 is 6.09 Å². The number of nitrogens with zero attached hydrogens (tertiary/aromatic N) is 2. The third kappa shape index (κ3) is 3.21. The largest absolute Gasteiger partial charge is 0.435 e. The van der Waals surface area contributed by atoms with Crippen molar-refractivity contribution in [1.29, 1.82) is 0 Å². The highest BCUT2D eigenvalue weighted by molar-refractivity contribution is 6.37. The number of carbonyl (C=O) groups excluding carboxylic acids is 3. The fraction of sp³-hybridized carbons (Fsp3) is 0.389. The normalized spacial score (nSPS) is 31.1. The third-order valence-corrected chi connectivity index (χ3v) is 6.40. The molecule has 3 N–H and O–H groups in total. The Bertz CT molecular complexity index is 1000. The molecule has 0 radical (unpaired) electrons. The van der Waals surface area contributed by atoms with E-state index in [0.717, 1.165) is 25.2 Å². The van der Waals surface area contributed by atoms with E-state index in [1.165, 1.54) is 12.1 Å². The number of amides is 3. The molecule has 1 aromatic rings. The van der Waals surface area contributed by atoms with Gasteiger partial charge in [0.05, 0.1) is 16.0 Å². The Labute approximate surface area is 179 Å². The molecule has 1 saturated heterocycles. The summed E-state index contributed by atoms with van der Waals surface area (Å²) in [5.41, 5.74) is 2.51. The van der Waals surface area contributed by atoms with E-state index >= 15 is 0 Å². The van der Waals surface area contributed by atoms with Gasteiger partial charge in [0.1, 0.15) is 0 Å². The van der Waals surface area contributed by atoms with Gasteiger partial charge in [-0.2, -0.15) is 0 Å². The molecule has 2 aliphatic heterocycles. The molecule has 3 saturated carbocycles. The quantitative estimate of drug-likeness (QED) is 0.630. The molecule has 2 heterocycles. The smallest absolute Gasteiger partial charge is 0.427 e. The van der Waals surface area contributed by atoms with Crippen LogP contribution in [0.25, 0.3) is 0 Å². The summed E-state index contributed by atoms with van der Waals surface area (Å²) in [6, 6.07) is 2.87. The van der Waals surface area contributed by atoms with Crippen LogP contribution in [0.1, 0.15) is 19.3 Å². The first-order chi connectivity index (χ1) is 14.3. The van der Waals surface area contributed by atoms with Crippen molar-refractivity contribution >= 4 is 46.8 Å². The van der Waals surface area contributed by atoms with Gasteiger partial charge in [-0.15, -0.1) is 15.7 Å². The molecule has 12 heteroatoms. The molecular formula is C18H15Cl2N5O5. The van der Waals surface area contributed by atoms with Crippen molar-refractivity contribution in [2.24, 2.45) is 27.5 Å². The lowest BCUT2D eigenvalue weighted by Gasteiger charge is -2.64. The van der Waals surface area contributed by atoms with Crippen LogP contribution in [0.2, 0.25) is 10.0 Å². The van der Waals surface area contributed by atoms with Crippen molar-refractivity contribution in [3.8, 4) is 5.75 Å². The van der Waals surface area contributed by atoms with E-state index in [9.17, 15) is 14.4 Å². The number of nitrogens with one attached hydrogen (secondary N) is 3. The van der Waals surface area contributed by atoms with Crippen LogP contribution < -0.4 is 20.9 Å². The molecule has 4 fully saturated rings. The summed E-state index contributed by atoms with van der Waals surface area (Å²) in [5.74, 6) is -0.177. The maximum Gasteiger partial charge on any atom is 0.427 e. The molecule has 2 bridgehead atoms. The number of carbonyl (C=O) groups is 3. The average molecular weight is 452 g/mol. The summed E-state index contributed by atoms with van der Waals surface area (Å²) in [6.45, 7) is 0. The second kappa shape index (κ2) is 6.93. The fourth-order valence-electron chi connectivity index (χ4n) is 4.28. The van der Waals surface area contributed by atoms with Crippen LogP contribution in [0, 0.1) is 17.3 Å². The van der Waals surface area contributed by atoms with Gasteiger partial charge < -0.3 is 14.9 Å². The topological polar surface area (TPSA) is 130 Å². The molecule has 3 aliphatic carbocycles. The van der Waals surface area contributed by atoms with Crippen molar-refractivity contribution in [1.82, 2.24) is 10.8 Å². The maximum absolute atomic E-state index is 12.2. The van der Waals surface area contributed by atoms with Gasteiger partial charge in [0, 0.05) is 5.69 Å². The molecule has 1 aromatic carbocycles. The molecule has 156 valence electrons.